The summed E-state index contributed by atoms with van der Waals surface area (Å²) in [5.41, 5.74) is 0. The van der Waals surface area contributed by atoms with Gasteiger partial charge in [0.25, 0.3) is 0 Å². The number of carbonyl (C=O) groups excluding carboxylic acids is 2. The van der Waals surface area contributed by atoms with Crippen molar-refractivity contribution in [3.05, 3.63) is 0 Å². The number of amides is 2. The van der Waals surface area contributed by atoms with Gasteiger partial charge in [-0.1, -0.05) is 43.3 Å². The molecule has 0 aromatic heterocycles. The standard InChI is InChI=1S/C12H22N2O4/c1-4-7-8-10(5-2)9-18-12(16)14-13-11(15)17-6-3/h10H,4-9H2,1-3H3/b14-13+. The lowest BCUT2D eigenvalue weighted by Crippen LogP contribution is -2.11. The number of carbonyl (C=O) groups is 2. The van der Waals surface area contributed by atoms with E-state index in [0.29, 0.717) is 12.5 Å². The molecule has 0 fully saturated rings. The molecule has 0 aliphatic heterocycles. The summed E-state index contributed by atoms with van der Waals surface area (Å²) in [5.74, 6) is 0.340. The predicted molar refractivity (Wildman–Crippen MR) is 66.5 cm³/mol. The molecule has 0 aliphatic rings. The number of hydrogen-bond acceptors (Lipinski definition) is 4. The van der Waals surface area contributed by atoms with Crippen LogP contribution in [0.3, 0.4) is 0 Å². The third-order valence-electron chi connectivity index (χ3n) is 2.47. The van der Waals surface area contributed by atoms with Crippen LogP contribution in [0.2, 0.25) is 0 Å². The van der Waals surface area contributed by atoms with E-state index in [1.165, 1.54) is 0 Å². The van der Waals surface area contributed by atoms with Crippen molar-refractivity contribution in [2.45, 2.75) is 46.5 Å². The Balaban J connectivity index is 3.90. The van der Waals surface area contributed by atoms with Gasteiger partial charge in [-0.15, -0.1) is 0 Å². The van der Waals surface area contributed by atoms with Gasteiger partial charge in [-0.2, -0.15) is 0 Å². The van der Waals surface area contributed by atoms with E-state index in [-0.39, 0.29) is 6.61 Å². The molecular weight excluding hydrogens is 236 g/mol. The summed E-state index contributed by atoms with van der Waals surface area (Å²) in [6.45, 7) is 6.32. The summed E-state index contributed by atoms with van der Waals surface area (Å²) in [4.78, 5) is 21.9. The lowest BCUT2D eigenvalue weighted by Gasteiger charge is -2.12. The van der Waals surface area contributed by atoms with Crippen LogP contribution in [0.15, 0.2) is 10.2 Å². The van der Waals surface area contributed by atoms with Crippen LogP contribution in [0.4, 0.5) is 9.59 Å². The number of hydrogen-bond donors (Lipinski definition) is 0. The number of rotatable bonds is 7. The highest BCUT2D eigenvalue weighted by molar-refractivity contribution is 5.73. The highest BCUT2D eigenvalue weighted by Gasteiger charge is 2.09. The molecule has 0 saturated heterocycles. The van der Waals surface area contributed by atoms with Crippen LogP contribution in [0.25, 0.3) is 0 Å². The van der Waals surface area contributed by atoms with Gasteiger partial charge in [0.2, 0.25) is 0 Å². The number of azo groups is 1. The third kappa shape index (κ3) is 8.66. The molecule has 0 aliphatic carbocycles. The lowest BCUT2D eigenvalue weighted by molar-refractivity contribution is 0.128. The van der Waals surface area contributed by atoms with Crippen LogP contribution >= 0.6 is 0 Å². The fourth-order valence-electron chi connectivity index (χ4n) is 1.35. The topological polar surface area (TPSA) is 77.3 Å². The van der Waals surface area contributed by atoms with Crippen LogP contribution in [0, 0.1) is 5.92 Å². The predicted octanol–water partition coefficient (Wildman–Crippen LogP) is 3.95. The average molecular weight is 258 g/mol. The molecule has 6 heteroatoms. The van der Waals surface area contributed by atoms with E-state index < -0.39 is 12.2 Å². The second kappa shape index (κ2) is 10.7. The fourth-order valence-corrected chi connectivity index (χ4v) is 1.35. The zero-order chi connectivity index (χ0) is 13.8. The molecule has 6 nitrogen and oxygen atoms in total. The summed E-state index contributed by atoms with van der Waals surface area (Å²) in [7, 11) is 0. The van der Waals surface area contributed by atoms with Gasteiger partial charge in [-0.3, -0.25) is 0 Å². The zero-order valence-corrected chi connectivity index (χ0v) is 11.3. The Morgan fingerprint density at radius 2 is 1.67 bits per heavy atom. The average Bonchev–Trinajstić information content (AvgIpc) is 2.37. The summed E-state index contributed by atoms with van der Waals surface area (Å²) in [6, 6.07) is 0. The van der Waals surface area contributed by atoms with Gasteiger partial charge >= 0.3 is 12.2 Å². The fraction of sp³-hybridized carbons (Fsp3) is 0.833. The molecular formula is C12H22N2O4. The van der Waals surface area contributed by atoms with Crippen molar-refractivity contribution in [2.24, 2.45) is 16.1 Å². The van der Waals surface area contributed by atoms with E-state index in [4.69, 9.17) is 4.74 Å². The Bertz CT molecular complexity index is 279. The number of ether oxygens (including phenoxy) is 2. The second-order valence-electron chi connectivity index (χ2n) is 3.89. The quantitative estimate of drug-likeness (QED) is 0.648. The SMILES string of the molecule is CCCCC(CC)COC(=O)/N=N/C(=O)OCC. The third-order valence-corrected chi connectivity index (χ3v) is 2.47. The van der Waals surface area contributed by atoms with Gasteiger partial charge in [-0.05, 0) is 19.3 Å². The van der Waals surface area contributed by atoms with Crippen molar-refractivity contribution >= 4 is 12.2 Å². The highest BCUT2D eigenvalue weighted by Crippen LogP contribution is 2.13. The molecule has 1 unspecified atom stereocenters. The van der Waals surface area contributed by atoms with E-state index in [1.54, 1.807) is 6.92 Å². The molecule has 1 atom stereocenters. The van der Waals surface area contributed by atoms with Crippen LogP contribution in [-0.4, -0.2) is 25.4 Å². The largest absolute Gasteiger partial charge is 0.452 e. The first kappa shape index (κ1) is 16.5. The Labute approximate surface area is 108 Å². The Morgan fingerprint density at radius 3 is 2.17 bits per heavy atom. The summed E-state index contributed by atoms with van der Waals surface area (Å²) in [5, 5.41) is 6.19. The Morgan fingerprint density at radius 1 is 1.06 bits per heavy atom. The maximum atomic E-state index is 11.2. The molecule has 0 heterocycles. The minimum atomic E-state index is -0.882. The Hall–Kier alpha value is -1.46. The molecule has 0 radical (unpaired) electrons. The van der Waals surface area contributed by atoms with Gasteiger partial charge in [0.15, 0.2) is 0 Å². The summed E-state index contributed by atoms with van der Waals surface area (Å²) in [6.07, 6.45) is 2.47. The first-order chi connectivity index (χ1) is 8.63. The van der Waals surface area contributed by atoms with Gasteiger partial charge < -0.3 is 9.47 Å². The molecule has 18 heavy (non-hydrogen) atoms. The van der Waals surface area contributed by atoms with Crippen molar-refractivity contribution in [1.29, 1.82) is 0 Å². The summed E-state index contributed by atoms with van der Waals surface area (Å²) < 4.78 is 9.40. The molecule has 0 saturated carbocycles. The van der Waals surface area contributed by atoms with Gasteiger partial charge in [0, 0.05) is 0 Å². The van der Waals surface area contributed by atoms with E-state index in [1.807, 2.05) is 6.92 Å². The maximum Gasteiger partial charge on any atom is 0.452 e. The van der Waals surface area contributed by atoms with Crippen molar-refractivity contribution in [2.75, 3.05) is 13.2 Å². The Kier molecular flexibility index (Phi) is 9.81. The molecule has 104 valence electrons. The zero-order valence-electron chi connectivity index (χ0n) is 11.3. The van der Waals surface area contributed by atoms with Crippen LogP contribution in [0.5, 0.6) is 0 Å². The highest BCUT2D eigenvalue weighted by atomic mass is 16.6. The van der Waals surface area contributed by atoms with Crippen LogP contribution < -0.4 is 0 Å². The van der Waals surface area contributed by atoms with Gasteiger partial charge in [0.1, 0.15) is 0 Å². The van der Waals surface area contributed by atoms with Crippen molar-refractivity contribution in [1.82, 2.24) is 0 Å². The molecule has 0 aromatic carbocycles. The first-order valence-corrected chi connectivity index (χ1v) is 6.39. The van der Waals surface area contributed by atoms with Crippen molar-refractivity contribution < 1.29 is 19.1 Å². The second-order valence-corrected chi connectivity index (χ2v) is 3.89. The number of unbranched alkanes of at least 4 members (excludes halogenated alkanes) is 1. The van der Waals surface area contributed by atoms with Crippen molar-refractivity contribution in [3.63, 3.8) is 0 Å². The van der Waals surface area contributed by atoms with Gasteiger partial charge in [-0.25, -0.2) is 9.59 Å². The van der Waals surface area contributed by atoms with E-state index in [9.17, 15) is 9.59 Å². The normalized spacial score (nSPS) is 12.4. The number of nitrogens with zero attached hydrogens (tertiary/aromatic N) is 2. The van der Waals surface area contributed by atoms with Crippen molar-refractivity contribution in [3.8, 4) is 0 Å². The molecule has 0 spiro atoms. The monoisotopic (exact) mass is 258 g/mol. The molecule has 0 aromatic rings. The van der Waals surface area contributed by atoms with E-state index in [0.717, 1.165) is 25.7 Å². The minimum Gasteiger partial charge on any atom is -0.447 e. The lowest BCUT2D eigenvalue weighted by atomic mass is 10.0. The minimum absolute atomic E-state index is 0.196. The van der Waals surface area contributed by atoms with Crippen LogP contribution in [0.1, 0.15) is 46.5 Å². The summed E-state index contributed by atoms with van der Waals surface area (Å²) >= 11 is 0. The van der Waals surface area contributed by atoms with E-state index in [2.05, 4.69) is 21.9 Å². The van der Waals surface area contributed by atoms with Gasteiger partial charge in [0.05, 0.1) is 13.2 Å². The molecule has 2 amide bonds. The smallest absolute Gasteiger partial charge is 0.447 e. The first-order valence-electron chi connectivity index (χ1n) is 6.39. The van der Waals surface area contributed by atoms with Crippen LogP contribution in [-0.2, 0) is 9.47 Å². The molecule has 0 rings (SSSR count). The molecule has 0 bridgehead atoms. The molecule has 0 N–H and O–H groups in total. The van der Waals surface area contributed by atoms with E-state index >= 15 is 0 Å². The maximum absolute atomic E-state index is 11.2.